The van der Waals surface area contributed by atoms with Crippen molar-refractivity contribution >= 4 is 9.84 Å². The van der Waals surface area contributed by atoms with E-state index in [9.17, 15) is 8.42 Å². The summed E-state index contributed by atoms with van der Waals surface area (Å²) < 4.78 is 24.5. The first-order chi connectivity index (χ1) is 8.37. The zero-order chi connectivity index (χ0) is 13.8. The molecule has 1 rings (SSSR count). The third-order valence-corrected chi connectivity index (χ3v) is 5.00. The lowest BCUT2D eigenvalue weighted by Gasteiger charge is -2.05. The fourth-order valence-corrected chi connectivity index (χ4v) is 2.72. The lowest BCUT2D eigenvalue weighted by atomic mass is 10.2. The number of hydrogen-bond donors (Lipinski definition) is 1. The van der Waals surface area contributed by atoms with Crippen LogP contribution in [0.1, 0.15) is 30.3 Å². The summed E-state index contributed by atoms with van der Waals surface area (Å²) in [6.45, 7) is 7.18. The van der Waals surface area contributed by atoms with Gasteiger partial charge in [-0.3, -0.25) is 4.68 Å². The van der Waals surface area contributed by atoms with E-state index in [1.54, 1.807) is 6.92 Å². The highest BCUT2D eigenvalue weighted by molar-refractivity contribution is 7.91. The van der Waals surface area contributed by atoms with E-state index in [4.69, 9.17) is 0 Å². The van der Waals surface area contributed by atoms with Gasteiger partial charge in [0.05, 0.1) is 11.4 Å². The lowest BCUT2D eigenvalue weighted by molar-refractivity contribution is 0.589. The van der Waals surface area contributed by atoms with Crippen LogP contribution in [0.2, 0.25) is 0 Å². The smallest absolute Gasteiger partial charge is 0.150 e. The molecule has 0 radical (unpaired) electrons. The molecular weight excluding hydrogens is 250 g/mol. The maximum atomic E-state index is 11.3. The molecule has 0 aliphatic carbocycles. The highest BCUT2D eigenvalue weighted by Crippen LogP contribution is 2.10. The average Bonchev–Trinajstić information content (AvgIpc) is 2.54. The summed E-state index contributed by atoms with van der Waals surface area (Å²) in [7, 11) is -0.903. The standard InChI is InChI=1S/C12H23N3O2S/c1-5-18(16,17)8-6-7-13-9-12-10(2)14-15(4)11(12)3/h13H,5-9H2,1-4H3. The molecule has 104 valence electrons. The van der Waals surface area contributed by atoms with Crippen molar-refractivity contribution < 1.29 is 8.42 Å². The molecule has 0 aromatic carbocycles. The summed E-state index contributed by atoms with van der Waals surface area (Å²) in [5.74, 6) is 0.495. The molecule has 0 amide bonds. The second-order valence-corrected chi connectivity index (χ2v) is 7.01. The van der Waals surface area contributed by atoms with Crippen molar-refractivity contribution in [2.24, 2.45) is 7.05 Å². The molecule has 6 heteroatoms. The minimum Gasteiger partial charge on any atom is -0.313 e. The summed E-state index contributed by atoms with van der Waals surface area (Å²) in [5, 5.41) is 7.62. The molecule has 1 heterocycles. The summed E-state index contributed by atoms with van der Waals surface area (Å²) in [5.41, 5.74) is 3.39. The summed E-state index contributed by atoms with van der Waals surface area (Å²) in [4.78, 5) is 0. The molecule has 1 N–H and O–H groups in total. The predicted octanol–water partition coefficient (Wildman–Crippen LogP) is 0.951. The molecule has 5 nitrogen and oxygen atoms in total. The molecule has 1 aromatic rings. The lowest BCUT2D eigenvalue weighted by Crippen LogP contribution is -2.19. The minimum absolute atomic E-state index is 0.230. The van der Waals surface area contributed by atoms with E-state index in [2.05, 4.69) is 10.4 Å². The number of rotatable bonds is 7. The van der Waals surface area contributed by atoms with Gasteiger partial charge in [-0.1, -0.05) is 6.92 Å². The number of hydrogen-bond acceptors (Lipinski definition) is 4. The fraction of sp³-hybridized carbons (Fsp3) is 0.750. The van der Waals surface area contributed by atoms with Crippen LogP contribution >= 0.6 is 0 Å². The van der Waals surface area contributed by atoms with Gasteiger partial charge in [0.2, 0.25) is 0 Å². The van der Waals surface area contributed by atoms with Gasteiger partial charge in [-0.25, -0.2) is 8.42 Å². The predicted molar refractivity (Wildman–Crippen MR) is 73.3 cm³/mol. The highest BCUT2D eigenvalue weighted by Gasteiger charge is 2.09. The molecule has 0 aliphatic heterocycles. The molecule has 0 bridgehead atoms. The van der Waals surface area contributed by atoms with Crippen molar-refractivity contribution in [1.29, 1.82) is 0 Å². The molecule has 1 aromatic heterocycles. The number of nitrogens with one attached hydrogen (secondary N) is 1. The zero-order valence-electron chi connectivity index (χ0n) is 11.7. The highest BCUT2D eigenvalue weighted by atomic mass is 32.2. The van der Waals surface area contributed by atoms with Crippen LogP contribution in [0, 0.1) is 13.8 Å². The Morgan fingerprint density at radius 2 is 2.00 bits per heavy atom. The zero-order valence-corrected chi connectivity index (χ0v) is 12.5. The van der Waals surface area contributed by atoms with Crippen molar-refractivity contribution in [3.63, 3.8) is 0 Å². The Hall–Kier alpha value is -0.880. The number of sulfone groups is 1. The topological polar surface area (TPSA) is 64.0 Å². The van der Waals surface area contributed by atoms with Crippen LogP contribution in [0.5, 0.6) is 0 Å². The number of nitrogens with zero attached hydrogens (tertiary/aromatic N) is 2. The van der Waals surface area contributed by atoms with E-state index in [-0.39, 0.29) is 11.5 Å². The third kappa shape index (κ3) is 4.10. The van der Waals surface area contributed by atoms with Gasteiger partial charge in [-0.2, -0.15) is 5.10 Å². The van der Waals surface area contributed by atoms with Crippen LogP contribution in [0.4, 0.5) is 0 Å². The van der Waals surface area contributed by atoms with E-state index < -0.39 is 9.84 Å². The third-order valence-electron chi connectivity index (χ3n) is 3.21. The first-order valence-electron chi connectivity index (χ1n) is 6.27. The van der Waals surface area contributed by atoms with Crippen LogP contribution in [0.15, 0.2) is 0 Å². The van der Waals surface area contributed by atoms with Crippen molar-refractivity contribution in [2.45, 2.75) is 33.7 Å². The SMILES string of the molecule is CCS(=O)(=O)CCCNCc1c(C)nn(C)c1C. The van der Waals surface area contributed by atoms with Crippen LogP contribution in [-0.2, 0) is 23.4 Å². The molecule has 0 fully saturated rings. The van der Waals surface area contributed by atoms with Gasteiger partial charge in [0.15, 0.2) is 0 Å². The monoisotopic (exact) mass is 273 g/mol. The first-order valence-corrected chi connectivity index (χ1v) is 8.09. The van der Waals surface area contributed by atoms with E-state index in [1.807, 2.05) is 25.6 Å². The van der Waals surface area contributed by atoms with Gasteiger partial charge >= 0.3 is 0 Å². The van der Waals surface area contributed by atoms with Crippen LogP contribution < -0.4 is 5.32 Å². The van der Waals surface area contributed by atoms with Crippen LogP contribution in [0.25, 0.3) is 0 Å². The van der Waals surface area contributed by atoms with Gasteiger partial charge in [0, 0.05) is 30.6 Å². The van der Waals surface area contributed by atoms with E-state index in [1.165, 1.54) is 5.56 Å². The van der Waals surface area contributed by atoms with E-state index >= 15 is 0 Å². The second-order valence-electron chi connectivity index (χ2n) is 4.54. The van der Waals surface area contributed by atoms with Gasteiger partial charge in [0.25, 0.3) is 0 Å². The van der Waals surface area contributed by atoms with Gasteiger partial charge in [-0.15, -0.1) is 0 Å². The van der Waals surface area contributed by atoms with Gasteiger partial charge < -0.3 is 5.32 Å². The largest absolute Gasteiger partial charge is 0.313 e. The minimum atomic E-state index is -2.83. The van der Waals surface area contributed by atoms with E-state index in [0.29, 0.717) is 13.0 Å². The van der Waals surface area contributed by atoms with E-state index in [0.717, 1.165) is 17.9 Å². The Morgan fingerprint density at radius 1 is 1.33 bits per heavy atom. The molecule has 0 unspecified atom stereocenters. The molecule has 0 spiro atoms. The maximum absolute atomic E-state index is 11.3. The van der Waals surface area contributed by atoms with Crippen molar-refractivity contribution in [1.82, 2.24) is 15.1 Å². The fourth-order valence-electron chi connectivity index (χ4n) is 1.85. The van der Waals surface area contributed by atoms with Gasteiger partial charge in [-0.05, 0) is 26.8 Å². The molecular formula is C12H23N3O2S. The normalized spacial score (nSPS) is 12.0. The summed E-state index contributed by atoms with van der Waals surface area (Å²) in [6.07, 6.45) is 0.661. The second kappa shape index (κ2) is 6.33. The molecule has 0 aliphatic rings. The Kier molecular flexibility index (Phi) is 5.34. The molecule has 0 saturated heterocycles. The number of aromatic nitrogens is 2. The van der Waals surface area contributed by atoms with Crippen LogP contribution in [-0.4, -0.2) is 36.2 Å². The summed E-state index contributed by atoms with van der Waals surface area (Å²) >= 11 is 0. The van der Waals surface area contributed by atoms with Crippen molar-refractivity contribution in [2.75, 3.05) is 18.1 Å². The Bertz CT molecular complexity index is 492. The molecule has 18 heavy (non-hydrogen) atoms. The quantitative estimate of drug-likeness (QED) is 0.751. The summed E-state index contributed by atoms with van der Waals surface area (Å²) in [6, 6.07) is 0. The Balaban J connectivity index is 2.35. The maximum Gasteiger partial charge on any atom is 0.150 e. The van der Waals surface area contributed by atoms with Crippen molar-refractivity contribution in [3.05, 3.63) is 17.0 Å². The Labute approximate surface area is 109 Å². The van der Waals surface area contributed by atoms with Gasteiger partial charge in [0.1, 0.15) is 9.84 Å². The first kappa shape index (κ1) is 15.2. The Morgan fingerprint density at radius 3 is 2.50 bits per heavy atom. The average molecular weight is 273 g/mol. The number of aryl methyl sites for hydroxylation is 2. The molecule has 0 atom stereocenters. The van der Waals surface area contributed by atoms with Crippen LogP contribution in [0.3, 0.4) is 0 Å². The van der Waals surface area contributed by atoms with Crippen molar-refractivity contribution in [3.8, 4) is 0 Å². The molecule has 0 saturated carbocycles.